The van der Waals surface area contributed by atoms with E-state index in [4.69, 9.17) is 0 Å². The first-order valence-corrected chi connectivity index (χ1v) is 6.01. The first-order valence-electron chi connectivity index (χ1n) is 6.01. The molecule has 0 aromatic heterocycles. The van der Waals surface area contributed by atoms with Crippen molar-refractivity contribution in [3.8, 4) is 0 Å². The van der Waals surface area contributed by atoms with Gasteiger partial charge in [-0.05, 0) is 42.3 Å². The molecule has 16 heavy (non-hydrogen) atoms. The Hall–Kier alpha value is -1.34. The van der Waals surface area contributed by atoms with Gasteiger partial charge in [0.05, 0.1) is 0 Å². The maximum atomic E-state index is 2.42. The Morgan fingerprint density at radius 3 is 2.69 bits per heavy atom. The van der Waals surface area contributed by atoms with Crippen molar-refractivity contribution < 1.29 is 0 Å². The fraction of sp³-hybridized carbons (Fsp3) is 0.333. The van der Waals surface area contributed by atoms with Gasteiger partial charge in [0.15, 0.2) is 0 Å². The highest BCUT2D eigenvalue weighted by atomic mass is 15.1. The Labute approximate surface area is 96.7 Å². The Bertz CT molecular complexity index is 498. The van der Waals surface area contributed by atoms with Crippen LogP contribution >= 0.6 is 0 Å². The Kier molecular flexibility index (Phi) is 2.41. The lowest BCUT2D eigenvalue weighted by Gasteiger charge is -2.13. The summed E-state index contributed by atoms with van der Waals surface area (Å²) in [6.07, 6.45) is 1.30. The van der Waals surface area contributed by atoms with Crippen LogP contribution in [0.25, 0.3) is 10.8 Å². The van der Waals surface area contributed by atoms with Crippen LogP contribution in [-0.2, 0) is 0 Å². The number of likely N-dealkylation sites (tertiary alicyclic amines) is 1. The molecule has 0 bridgehead atoms. The third-order valence-electron chi connectivity index (χ3n) is 3.65. The van der Waals surface area contributed by atoms with Crippen LogP contribution in [0.5, 0.6) is 0 Å². The van der Waals surface area contributed by atoms with E-state index in [1.165, 1.54) is 35.8 Å². The molecule has 1 heteroatoms. The molecule has 1 heterocycles. The fourth-order valence-electron chi connectivity index (χ4n) is 2.80. The van der Waals surface area contributed by atoms with Crippen molar-refractivity contribution in [1.29, 1.82) is 0 Å². The normalized spacial score (nSPS) is 21.7. The van der Waals surface area contributed by atoms with Gasteiger partial charge in [0.1, 0.15) is 0 Å². The quantitative estimate of drug-likeness (QED) is 0.700. The molecule has 1 nitrogen and oxygen atoms in total. The van der Waals surface area contributed by atoms with Gasteiger partial charge in [0.2, 0.25) is 0 Å². The van der Waals surface area contributed by atoms with Crippen molar-refractivity contribution in [1.82, 2.24) is 4.90 Å². The molecule has 1 atom stereocenters. The zero-order valence-electron chi connectivity index (χ0n) is 9.69. The minimum atomic E-state index is 0.719. The van der Waals surface area contributed by atoms with Gasteiger partial charge in [-0.15, -0.1) is 0 Å². The molecule has 0 spiro atoms. The topological polar surface area (TPSA) is 3.24 Å². The molecule has 2 aromatic rings. The summed E-state index contributed by atoms with van der Waals surface area (Å²) < 4.78 is 0. The van der Waals surface area contributed by atoms with E-state index in [1.807, 2.05) is 0 Å². The van der Waals surface area contributed by atoms with E-state index in [2.05, 4.69) is 54.4 Å². The van der Waals surface area contributed by atoms with E-state index in [0.717, 1.165) is 5.92 Å². The third kappa shape index (κ3) is 1.61. The van der Waals surface area contributed by atoms with Gasteiger partial charge >= 0.3 is 0 Å². The molecule has 2 aromatic carbocycles. The summed E-state index contributed by atoms with van der Waals surface area (Å²) in [7, 11) is 2.21. The second-order valence-corrected chi connectivity index (χ2v) is 4.82. The maximum absolute atomic E-state index is 2.42. The highest BCUT2D eigenvalue weighted by molar-refractivity contribution is 5.86. The van der Waals surface area contributed by atoms with Crippen molar-refractivity contribution in [3.63, 3.8) is 0 Å². The summed E-state index contributed by atoms with van der Waals surface area (Å²) in [5.74, 6) is 0.719. The Morgan fingerprint density at radius 1 is 1.06 bits per heavy atom. The molecule has 1 saturated heterocycles. The zero-order chi connectivity index (χ0) is 11.0. The molecule has 1 unspecified atom stereocenters. The van der Waals surface area contributed by atoms with Crippen LogP contribution < -0.4 is 0 Å². The lowest BCUT2D eigenvalue weighted by molar-refractivity contribution is 0.412. The van der Waals surface area contributed by atoms with Gasteiger partial charge in [-0.3, -0.25) is 0 Å². The van der Waals surface area contributed by atoms with Gasteiger partial charge in [-0.2, -0.15) is 0 Å². The van der Waals surface area contributed by atoms with Crippen molar-refractivity contribution in [3.05, 3.63) is 48.0 Å². The lowest BCUT2D eigenvalue weighted by Crippen LogP contribution is -2.13. The molecule has 1 aliphatic rings. The number of benzene rings is 2. The van der Waals surface area contributed by atoms with Crippen LogP contribution in [0.2, 0.25) is 0 Å². The fourth-order valence-corrected chi connectivity index (χ4v) is 2.80. The average Bonchev–Trinajstić information content (AvgIpc) is 2.75. The molecule has 3 rings (SSSR count). The summed E-state index contributed by atoms with van der Waals surface area (Å²) in [5, 5.41) is 2.81. The van der Waals surface area contributed by atoms with Crippen LogP contribution in [0, 0.1) is 0 Å². The van der Waals surface area contributed by atoms with Crippen LogP contribution in [0.3, 0.4) is 0 Å². The van der Waals surface area contributed by atoms with Crippen LogP contribution in [0.15, 0.2) is 42.5 Å². The summed E-state index contributed by atoms with van der Waals surface area (Å²) in [6.45, 7) is 2.43. The Morgan fingerprint density at radius 2 is 1.88 bits per heavy atom. The number of rotatable bonds is 1. The SMILES string of the molecule is CN1CCC(c2cccc3ccccc23)C1. The van der Waals surface area contributed by atoms with Crippen molar-refractivity contribution in [2.24, 2.45) is 0 Å². The highest BCUT2D eigenvalue weighted by Gasteiger charge is 2.22. The number of hydrogen-bond acceptors (Lipinski definition) is 1. The van der Waals surface area contributed by atoms with Gasteiger partial charge in [-0.25, -0.2) is 0 Å². The predicted molar refractivity (Wildman–Crippen MR) is 68.8 cm³/mol. The smallest absolute Gasteiger partial charge is 0.00479 e. The van der Waals surface area contributed by atoms with Crippen LogP contribution in [0.4, 0.5) is 0 Å². The second-order valence-electron chi connectivity index (χ2n) is 4.82. The standard InChI is InChI=1S/C15H17N/c1-16-10-9-13(11-16)15-8-4-6-12-5-2-3-7-14(12)15/h2-8,13H,9-11H2,1H3. The van der Waals surface area contributed by atoms with Crippen molar-refractivity contribution in [2.45, 2.75) is 12.3 Å². The monoisotopic (exact) mass is 211 g/mol. The van der Waals surface area contributed by atoms with E-state index >= 15 is 0 Å². The maximum Gasteiger partial charge on any atom is 0.00479 e. The molecular weight excluding hydrogens is 194 g/mol. The Balaban J connectivity index is 2.09. The number of hydrogen-bond donors (Lipinski definition) is 0. The molecule has 1 aliphatic heterocycles. The summed E-state index contributed by atoms with van der Waals surface area (Å²) in [5.41, 5.74) is 1.53. The molecule has 0 N–H and O–H groups in total. The van der Waals surface area contributed by atoms with Crippen molar-refractivity contribution >= 4 is 10.8 Å². The minimum absolute atomic E-state index is 0.719. The molecule has 0 aliphatic carbocycles. The van der Waals surface area contributed by atoms with E-state index < -0.39 is 0 Å². The molecule has 0 saturated carbocycles. The summed E-state index contributed by atoms with van der Waals surface area (Å²) in [6, 6.07) is 15.4. The van der Waals surface area contributed by atoms with Gasteiger partial charge < -0.3 is 4.90 Å². The number of likely N-dealkylation sites (N-methyl/N-ethyl adjacent to an activating group) is 1. The molecule has 0 radical (unpaired) electrons. The second kappa shape index (κ2) is 3.91. The first-order chi connectivity index (χ1) is 7.84. The van der Waals surface area contributed by atoms with Crippen molar-refractivity contribution in [2.75, 3.05) is 20.1 Å². The van der Waals surface area contributed by atoms with Gasteiger partial charge in [0, 0.05) is 6.54 Å². The lowest BCUT2D eigenvalue weighted by atomic mass is 9.93. The molecule has 1 fully saturated rings. The van der Waals surface area contributed by atoms with E-state index in [1.54, 1.807) is 0 Å². The van der Waals surface area contributed by atoms with E-state index in [-0.39, 0.29) is 0 Å². The zero-order valence-corrected chi connectivity index (χ0v) is 9.69. The minimum Gasteiger partial charge on any atom is -0.306 e. The van der Waals surface area contributed by atoms with Crippen LogP contribution in [-0.4, -0.2) is 25.0 Å². The predicted octanol–water partition coefficient (Wildman–Crippen LogP) is 3.26. The number of nitrogens with zero attached hydrogens (tertiary/aromatic N) is 1. The average molecular weight is 211 g/mol. The summed E-state index contributed by atoms with van der Waals surface area (Å²) >= 11 is 0. The molecule has 0 amide bonds. The van der Waals surface area contributed by atoms with Gasteiger partial charge in [-0.1, -0.05) is 42.5 Å². The van der Waals surface area contributed by atoms with E-state index in [9.17, 15) is 0 Å². The highest BCUT2D eigenvalue weighted by Crippen LogP contribution is 2.31. The van der Waals surface area contributed by atoms with E-state index in [0.29, 0.717) is 0 Å². The molecule has 82 valence electrons. The number of fused-ring (bicyclic) bond motifs is 1. The largest absolute Gasteiger partial charge is 0.306 e. The first kappa shape index (κ1) is 9.86. The van der Waals surface area contributed by atoms with Crippen LogP contribution in [0.1, 0.15) is 17.9 Å². The summed E-state index contributed by atoms with van der Waals surface area (Å²) in [4.78, 5) is 2.42. The third-order valence-corrected chi connectivity index (χ3v) is 3.65. The molecular formula is C15H17N. The van der Waals surface area contributed by atoms with Gasteiger partial charge in [0.25, 0.3) is 0 Å².